The Kier molecular flexibility index (Phi) is 6.24. The minimum atomic E-state index is 0. The molecule has 1 heterocycles. The van der Waals surface area contributed by atoms with Gasteiger partial charge in [-0.1, -0.05) is 24.3 Å². The van der Waals surface area contributed by atoms with E-state index in [4.69, 9.17) is 0 Å². The largest absolute Gasteiger partial charge is 0.348 e. The highest BCUT2D eigenvalue weighted by molar-refractivity contribution is 5.85. The van der Waals surface area contributed by atoms with Crippen LogP contribution in [-0.4, -0.2) is 43.0 Å². The Hall–Kier alpha value is -1.10. The van der Waals surface area contributed by atoms with Gasteiger partial charge in [0, 0.05) is 25.7 Å². The summed E-state index contributed by atoms with van der Waals surface area (Å²) >= 11 is 0. The average molecular weight is 324 g/mol. The quantitative estimate of drug-likeness (QED) is 0.893. The molecule has 122 valence electrons. The molecule has 2 atom stereocenters. The molecule has 0 spiro atoms. The van der Waals surface area contributed by atoms with E-state index in [0.29, 0.717) is 12.6 Å². The van der Waals surface area contributed by atoms with Gasteiger partial charge in [0.1, 0.15) is 0 Å². The fourth-order valence-electron chi connectivity index (χ4n) is 3.45. The van der Waals surface area contributed by atoms with E-state index in [0.717, 1.165) is 38.9 Å². The van der Waals surface area contributed by atoms with Crippen LogP contribution in [-0.2, 0) is 11.2 Å². The molecule has 2 aliphatic rings. The zero-order valence-corrected chi connectivity index (χ0v) is 14.0. The number of piperazine rings is 1. The van der Waals surface area contributed by atoms with Crippen molar-refractivity contribution in [2.24, 2.45) is 0 Å². The first-order valence-electron chi connectivity index (χ1n) is 8.06. The number of halogens is 1. The van der Waals surface area contributed by atoms with Crippen LogP contribution in [0.1, 0.15) is 36.9 Å². The van der Waals surface area contributed by atoms with Crippen LogP contribution < -0.4 is 10.6 Å². The summed E-state index contributed by atoms with van der Waals surface area (Å²) in [6.07, 6.45) is 3.35. The van der Waals surface area contributed by atoms with E-state index >= 15 is 0 Å². The summed E-state index contributed by atoms with van der Waals surface area (Å²) in [4.78, 5) is 14.6. The van der Waals surface area contributed by atoms with Gasteiger partial charge in [-0.2, -0.15) is 0 Å². The molecule has 1 aromatic carbocycles. The van der Waals surface area contributed by atoms with Gasteiger partial charge in [-0.25, -0.2) is 0 Å². The topological polar surface area (TPSA) is 44.4 Å². The molecule has 1 aliphatic carbocycles. The normalized spacial score (nSPS) is 25.0. The number of rotatable bonds is 3. The van der Waals surface area contributed by atoms with Gasteiger partial charge in [0.15, 0.2) is 0 Å². The second kappa shape index (κ2) is 7.95. The van der Waals surface area contributed by atoms with Crippen molar-refractivity contribution in [3.8, 4) is 0 Å². The first-order chi connectivity index (χ1) is 10.2. The lowest BCUT2D eigenvalue weighted by Gasteiger charge is -2.34. The molecule has 1 aliphatic heterocycles. The minimum Gasteiger partial charge on any atom is -0.348 e. The summed E-state index contributed by atoms with van der Waals surface area (Å²) in [7, 11) is 0. The molecule has 0 saturated carbocycles. The Labute approximate surface area is 139 Å². The maximum atomic E-state index is 12.4. The predicted molar refractivity (Wildman–Crippen MR) is 91.4 cm³/mol. The van der Waals surface area contributed by atoms with E-state index < -0.39 is 0 Å². The third kappa shape index (κ3) is 4.00. The van der Waals surface area contributed by atoms with E-state index in [1.807, 2.05) is 0 Å². The van der Waals surface area contributed by atoms with Crippen molar-refractivity contribution < 1.29 is 4.79 Å². The van der Waals surface area contributed by atoms with Crippen molar-refractivity contribution in [1.82, 2.24) is 15.5 Å². The summed E-state index contributed by atoms with van der Waals surface area (Å²) in [6, 6.07) is 9.13. The molecule has 0 aromatic heterocycles. The first-order valence-corrected chi connectivity index (χ1v) is 8.06. The third-order valence-electron chi connectivity index (χ3n) is 4.69. The van der Waals surface area contributed by atoms with Gasteiger partial charge in [0.2, 0.25) is 5.91 Å². The Balaban J connectivity index is 0.00000176. The van der Waals surface area contributed by atoms with E-state index in [2.05, 4.69) is 46.7 Å². The monoisotopic (exact) mass is 323 g/mol. The Morgan fingerprint density at radius 2 is 2.23 bits per heavy atom. The molecule has 3 rings (SSSR count). The molecule has 4 nitrogen and oxygen atoms in total. The molecule has 1 unspecified atom stereocenters. The first kappa shape index (κ1) is 17.3. The highest BCUT2D eigenvalue weighted by Crippen LogP contribution is 2.29. The zero-order chi connectivity index (χ0) is 14.7. The van der Waals surface area contributed by atoms with Crippen molar-refractivity contribution in [2.75, 3.05) is 26.2 Å². The maximum Gasteiger partial charge on any atom is 0.234 e. The van der Waals surface area contributed by atoms with Crippen LogP contribution in [0.2, 0.25) is 0 Å². The second-order valence-corrected chi connectivity index (χ2v) is 6.23. The smallest absolute Gasteiger partial charge is 0.234 e. The number of aryl methyl sites for hydroxylation is 1. The maximum absolute atomic E-state index is 12.4. The van der Waals surface area contributed by atoms with Crippen LogP contribution in [0, 0.1) is 0 Å². The lowest BCUT2D eigenvalue weighted by molar-refractivity contribution is -0.123. The highest BCUT2D eigenvalue weighted by Gasteiger charge is 2.24. The van der Waals surface area contributed by atoms with Crippen LogP contribution in [0.4, 0.5) is 0 Å². The number of carbonyl (C=O) groups excluding carboxylic acids is 1. The highest BCUT2D eigenvalue weighted by atomic mass is 35.5. The Morgan fingerprint density at radius 1 is 1.41 bits per heavy atom. The predicted octanol–water partition coefficient (Wildman–Crippen LogP) is 1.90. The molecule has 1 saturated heterocycles. The Morgan fingerprint density at radius 3 is 3.05 bits per heavy atom. The summed E-state index contributed by atoms with van der Waals surface area (Å²) in [5.74, 6) is 0.158. The fraction of sp³-hybridized carbons (Fsp3) is 0.588. The van der Waals surface area contributed by atoms with E-state index in [1.165, 1.54) is 11.1 Å². The van der Waals surface area contributed by atoms with Crippen LogP contribution in [0.15, 0.2) is 24.3 Å². The molecule has 1 amide bonds. The molecular weight excluding hydrogens is 298 g/mol. The van der Waals surface area contributed by atoms with Gasteiger partial charge in [0.05, 0.1) is 12.6 Å². The molecule has 1 fully saturated rings. The molecule has 5 heteroatoms. The van der Waals surface area contributed by atoms with Crippen LogP contribution >= 0.6 is 12.4 Å². The van der Waals surface area contributed by atoms with Gasteiger partial charge in [0.25, 0.3) is 0 Å². The third-order valence-corrected chi connectivity index (χ3v) is 4.69. The van der Waals surface area contributed by atoms with Crippen molar-refractivity contribution in [2.45, 2.75) is 38.3 Å². The van der Waals surface area contributed by atoms with Gasteiger partial charge in [-0.3, -0.25) is 9.69 Å². The lowest BCUT2D eigenvalue weighted by Crippen LogP contribution is -2.53. The number of amides is 1. The summed E-state index contributed by atoms with van der Waals surface area (Å²) in [5, 5.41) is 6.60. The van der Waals surface area contributed by atoms with Crippen molar-refractivity contribution in [3.63, 3.8) is 0 Å². The lowest BCUT2D eigenvalue weighted by atomic mass is 9.88. The SMILES string of the molecule is C[C@@H]1CNCCN1CC(=O)NC1CCCc2ccccc21.Cl. The number of benzene rings is 1. The second-order valence-electron chi connectivity index (χ2n) is 6.23. The van der Waals surface area contributed by atoms with Crippen LogP contribution in [0.25, 0.3) is 0 Å². The van der Waals surface area contributed by atoms with E-state index in [-0.39, 0.29) is 24.4 Å². The number of nitrogens with one attached hydrogen (secondary N) is 2. The number of nitrogens with zero attached hydrogens (tertiary/aromatic N) is 1. The van der Waals surface area contributed by atoms with E-state index in [1.54, 1.807) is 0 Å². The molecule has 2 N–H and O–H groups in total. The standard InChI is InChI=1S/C17H25N3O.ClH/c1-13-11-18-9-10-20(13)12-17(21)19-16-8-4-6-14-5-2-3-7-15(14)16;/h2-3,5,7,13,16,18H,4,6,8-12H2,1H3,(H,19,21);1H/t13-,16?;/m1./s1. The minimum absolute atomic E-state index is 0. The van der Waals surface area contributed by atoms with Crippen molar-refractivity contribution in [3.05, 3.63) is 35.4 Å². The number of hydrogen-bond donors (Lipinski definition) is 2. The molecule has 1 aromatic rings. The van der Waals surface area contributed by atoms with Gasteiger partial charge < -0.3 is 10.6 Å². The summed E-state index contributed by atoms with van der Waals surface area (Å²) < 4.78 is 0. The van der Waals surface area contributed by atoms with Crippen molar-refractivity contribution in [1.29, 1.82) is 0 Å². The molecule has 0 bridgehead atoms. The number of carbonyl (C=O) groups is 1. The molecule has 0 radical (unpaired) electrons. The summed E-state index contributed by atoms with van der Waals surface area (Å²) in [5.41, 5.74) is 2.70. The average Bonchev–Trinajstić information content (AvgIpc) is 2.50. The molecule has 22 heavy (non-hydrogen) atoms. The van der Waals surface area contributed by atoms with Crippen LogP contribution in [0.3, 0.4) is 0 Å². The van der Waals surface area contributed by atoms with Crippen molar-refractivity contribution >= 4 is 18.3 Å². The Bertz CT molecular complexity index is 508. The van der Waals surface area contributed by atoms with Gasteiger partial charge in [-0.05, 0) is 37.3 Å². The van der Waals surface area contributed by atoms with E-state index in [9.17, 15) is 4.79 Å². The summed E-state index contributed by atoms with van der Waals surface area (Å²) in [6.45, 7) is 5.59. The zero-order valence-electron chi connectivity index (χ0n) is 13.2. The number of fused-ring (bicyclic) bond motifs is 1. The van der Waals surface area contributed by atoms with Gasteiger partial charge in [-0.15, -0.1) is 12.4 Å². The number of hydrogen-bond acceptors (Lipinski definition) is 3. The fourth-order valence-corrected chi connectivity index (χ4v) is 3.45. The van der Waals surface area contributed by atoms with Gasteiger partial charge >= 0.3 is 0 Å². The van der Waals surface area contributed by atoms with Crippen LogP contribution in [0.5, 0.6) is 0 Å². The molecular formula is C17H26ClN3O.